The Hall–Kier alpha value is -2.28. The fourth-order valence-electron chi connectivity index (χ4n) is 2.85. The number of furan rings is 1. The molecule has 2 amide bonds. The number of aromatic nitrogens is 1. The predicted octanol–water partition coefficient (Wildman–Crippen LogP) is 2.47. The minimum absolute atomic E-state index is 0.0493. The largest absolute Gasteiger partial charge is 0.464 e. The van der Waals surface area contributed by atoms with Crippen molar-refractivity contribution in [2.75, 3.05) is 26.2 Å². The Kier molecular flexibility index (Phi) is 4.89. The first-order chi connectivity index (χ1) is 11.5. The number of amides is 2. The van der Waals surface area contributed by atoms with Crippen molar-refractivity contribution in [2.45, 2.75) is 33.4 Å². The molecule has 1 N–H and O–H groups in total. The molecule has 130 valence electrons. The van der Waals surface area contributed by atoms with E-state index >= 15 is 0 Å². The molecule has 0 aromatic carbocycles. The zero-order valence-corrected chi connectivity index (χ0v) is 14.4. The summed E-state index contributed by atoms with van der Waals surface area (Å²) in [5.74, 6) is 2.50. The van der Waals surface area contributed by atoms with Gasteiger partial charge in [-0.25, -0.2) is 4.79 Å². The summed E-state index contributed by atoms with van der Waals surface area (Å²) in [5, 5.41) is 6.90. The lowest BCUT2D eigenvalue weighted by Crippen LogP contribution is -2.51. The Labute approximate surface area is 141 Å². The van der Waals surface area contributed by atoms with Crippen molar-refractivity contribution in [3.05, 3.63) is 41.2 Å². The Morgan fingerprint density at radius 1 is 1.29 bits per heavy atom. The van der Waals surface area contributed by atoms with Crippen LogP contribution in [0.2, 0.25) is 0 Å². The van der Waals surface area contributed by atoms with Crippen LogP contribution in [0.25, 0.3) is 0 Å². The fraction of sp³-hybridized carbons (Fsp3) is 0.529. The van der Waals surface area contributed by atoms with E-state index in [1.807, 2.05) is 43.9 Å². The van der Waals surface area contributed by atoms with Crippen LogP contribution >= 0.6 is 0 Å². The molecule has 1 saturated heterocycles. The summed E-state index contributed by atoms with van der Waals surface area (Å²) in [6.07, 6.45) is 0. The van der Waals surface area contributed by atoms with Gasteiger partial charge < -0.3 is 19.2 Å². The Bertz CT molecular complexity index is 686. The summed E-state index contributed by atoms with van der Waals surface area (Å²) < 4.78 is 10.8. The number of carbonyl (C=O) groups excluding carboxylic acids is 1. The number of hydrogen-bond acceptors (Lipinski definition) is 5. The first-order valence-electron chi connectivity index (χ1n) is 8.27. The summed E-state index contributed by atoms with van der Waals surface area (Å²) in [7, 11) is 0. The van der Waals surface area contributed by atoms with Gasteiger partial charge in [0.15, 0.2) is 5.76 Å². The molecule has 1 atom stereocenters. The molecule has 7 nitrogen and oxygen atoms in total. The van der Waals surface area contributed by atoms with Crippen LogP contribution in [-0.4, -0.2) is 47.2 Å². The summed E-state index contributed by atoms with van der Waals surface area (Å²) in [6, 6.07) is 5.57. The number of hydrogen-bond donors (Lipinski definition) is 1. The van der Waals surface area contributed by atoms with Crippen molar-refractivity contribution in [3.63, 3.8) is 0 Å². The van der Waals surface area contributed by atoms with Crippen LogP contribution in [0.5, 0.6) is 0 Å². The van der Waals surface area contributed by atoms with E-state index in [-0.39, 0.29) is 12.1 Å². The molecule has 3 rings (SSSR count). The maximum atomic E-state index is 12.4. The van der Waals surface area contributed by atoms with Crippen molar-refractivity contribution in [3.8, 4) is 0 Å². The van der Waals surface area contributed by atoms with Crippen LogP contribution in [0.15, 0.2) is 27.1 Å². The highest BCUT2D eigenvalue weighted by molar-refractivity contribution is 5.74. The average molecular weight is 332 g/mol. The molecule has 0 aliphatic carbocycles. The normalized spacial score (nSPS) is 17.0. The molecule has 0 unspecified atom stereocenters. The standard InChI is InChI=1S/C17H24N4O3/c1-12-10-15(24-19-12)11-20-6-8-21(9-7-20)17(22)18-14(3)16-5-4-13(2)23-16/h4-5,10,14H,6-9,11H2,1-3H3,(H,18,22)/t14-/m0/s1. The number of urea groups is 1. The molecule has 0 radical (unpaired) electrons. The summed E-state index contributed by atoms with van der Waals surface area (Å²) in [6.45, 7) is 9.51. The van der Waals surface area contributed by atoms with Crippen molar-refractivity contribution in [1.29, 1.82) is 0 Å². The lowest BCUT2D eigenvalue weighted by atomic mass is 10.2. The number of piperazine rings is 1. The third-order valence-electron chi connectivity index (χ3n) is 4.24. The van der Waals surface area contributed by atoms with E-state index in [1.54, 1.807) is 0 Å². The molecule has 0 saturated carbocycles. The monoisotopic (exact) mass is 332 g/mol. The van der Waals surface area contributed by atoms with Crippen LogP contribution in [0.1, 0.15) is 35.9 Å². The van der Waals surface area contributed by atoms with Crippen LogP contribution in [0.3, 0.4) is 0 Å². The zero-order valence-electron chi connectivity index (χ0n) is 14.4. The molecule has 2 aromatic rings. The maximum absolute atomic E-state index is 12.4. The van der Waals surface area contributed by atoms with Gasteiger partial charge in [0.1, 0.15) is 11.5 Å². The zero-order chi connectivity index (χ0) is 17.1. The molecule has 1 fully saturated rings. The van der Waals surface area contributed by atoms with Gasteiger partial charge in [-0.1, -0.05) is 5.16 Å². The SMILES string of the molecule is Cc1cc(CN2CCN(C(=O)N[C@@H](C)c3ccc(C)o3)CC2)on1. The summed E-state index contributed by atoms with van der Waals surface area (Å²) in [5.41, 5.74) is 0.894. The third kappa shape index (κ3) is 3.97. The summed E-state index contributed by atoms with van der Waals surface area (Å²) in [4.78, 5) is 16.5. The number of carbonyl (C=O) groups is 1. The Balaban J connectivity index is 1.46. The van der Waals surface area contributed by atoms with Crippen molar-refractivity contribution in [1.82, 2.24) is 20.3 Å². The number of nitrogens with zero attached hydrogens (tertiary/aromatic N) is 3. The van der Waals surface area contributed by atoms with E-state index in [2.05, 4.69) is 15.4 Å². The molecular weight excluding hydrogens is 308 g/mol. The molecule has 3 heterocycles. The molecule has 1 aliphatic heterocycles. The minimum atomic E-state index is -0.138. The van der Waals surface area contributed by atoms with Gasteiger partial charge in [-0.15, -0.1) is 0 Å². The van der Waals surface area contributed by atoms with Gasteiger partial charge >= 0.3 is 6.03 Å². The number of aryl methyl sites for hydroxylation is 2. The highest BCUT2D eigenvalue weighted by Crippen LogP contribution is 2.16. The molecule has 2 aromatic heterocycles. The van der Waals surface area contributed by atoms with E-state index in [0.717, 1.165) is 42.6 Å². The van der Waals surface area contributed by atoms with Crippen molar-refractivity contribution in [2.24, 2.45) is 0 Å². The quantitative estimate of drug-likeness (QED) is 0.931. The van der Waals surface area contributed by atoms with E-state index in [4.69, 9.17) is 8.94 Å². The molecule has 0 bridgehead atoms. The van der Waals surface area contributed by atoms with E-state index in [0.29, 0.717) is 13.1 Å². The van der Waals surface area contributed by atoms with Gasteiger partial charge in [0.2, 0.25) is 0 Å². The third-order valence-corrected chi connectivity index (χ3v) is 4.24. The Morgan fingerprint density at radius 2 is 2.04 bits per heavy atom. The average Bonchev–Trinajstić information content (AvgIpc) is 3.16. The van der Waals surface area contributed by atoms with Crippen LogP contribution in [0.4, 0.5) is 4.79 Å². The molecule has 24 heavy (non-hydrogen) atoms. The van der Waals surface area contributed by atoms with Crippen molar-refractivity contribution < 1.29 is 13.7 Å². The lowest BCUT2D eigenvalue weighted by Gasteiger charge is -2.34. The predicted molar refractivity (Wildman–Crippen MR) is 88.5 cm³/mol. The van der Waals surface area contributed by atoms with E-state index < -0.39 is 0 Å². The maximum Gasteiger partial charge on any atom is 0.318 e. The molecule has 0 spiro atoms. The fourth-order valence-corrected chi connectivity index (χ4v) is 2.85. The van der Waals surface area contributed by atoms with E-state index in [1.165, 1.54) is 0 Å². The van der Waals surface area contributed by atoms with Crippen LogP contribution in [-0.2, 0) is 6.54 Å². The van der Waals surface area contributed by atoms with Gasteiger partial charge in [0, 0.05) is 32.2 Å². The van der Waals surface area contributed by atoms with Crippen molar-refractivity contribution >= 4 is 6.03 Å². The number of rotatable bonds is 4. The smallest absolute Gasteiger partial charge is 0.318 e. The van der Waals surface area contributed by atoms with E-state index in [9.17, 15) is 4.79 Å². The molecular formula is C17H24N4O3. The van der Waals surface area contributed by atoms with Crippen LogP contribution in [0, 0.1) is 13.8 Å². The van der Waals surface area contributed by atoms with Crippen LogP contribution < -0.4 is 5.32 Å². The van der Waals surface area contributed by atoms with Gasteiger partial charge in [0.05, 0.1) is 18.3 Å². The second-order valence-electron chi connectivity index (χ2n) is 6.32. The minimum Gasteiger partial charge on any atom is -0.464 e. The highest BCUT2D eigenvalue weighted by Gasteiger charge is 2.23. The summed E-state index contributed by atoms with van der Waals surface area (Å²) >= 11 is 0. The highest BCUT2D eigenvalue weighted by atomic mass is 16.5. The first kappa shape index (κ1) is 16.6. The second kappa shape index (κ2) is 7.09. The molecule has 7 heteroatoms. The second-order valence-corrected chi connectivity index (χ2v) is 6.32. The van der Waals surface area contributed by atoms with Gasteiger partial charge in [-0.05, 0) is 32.9 Å². The van der Waals surface area contributed by atoms with Gasteiger partial charge in [0.25, 0.3) is 0 Å². The van der Waals surface area contributed by atoms with Gasteiger partial charge in [-0.3, -0.25) is 4.90 Å². The van der Waals surface area contributed by atoms with Gasteiger partial charge in [-0.2, -0.15) is 0 Å². The lowest BCUT2D eigenvalue weighted by molar-refractivity contribution is 0.126. The topological polar surface area (TPSA) is 74.8 Å². The molecule has 1 aliphatic rings. The first-order valence-corrected chi connectivity index (χ1v) is 8.27. The number of nitrogens with one attached hydrogen (secondary N) is 1. The Morgan fingerprint density at radius 3 is 2.62 bits per heavy atom.